The monoisotopic (exact) mass is 418 g/mol. The molecule has 0 saturated heterocycles. The van der Waals surface area contributed by atoms with Crippen LogP contribution in [-0.2, 0) is 9.53 Å². The maximum atomic E-state index is 11.9. The molecule has 0 bridgehead atoms. The van der Waals surface area contributed by atoms with Crippen molar-refractivity contribution in [1.29, 1.82) is 0 Å². The number of hydrogen-bond donors (Lipinski definition) is 0. The van der Waals surface area contributed by atoms with Gasteiger partial charge >= 0.3 is 5.97 Å². The van der Waals surface area contributed by atoms with Gasteiger partial charge in [0.2, 0.25) is 0 Å². The topological polar surface area (TPSA) is 26.3 Å². The van der Waals surface area contributed by atoms with Crippen molar-refractivity contribution in [3.05, 3.63) is 77.0 Å². The van der Waals surface area contributed by atoms with E-state index in [0.29, 0.717) is 5.76 Å². The second kappa shape index (κ2) is 9.28. The maximum Gasteiger partial charge on any atom is 0.308 e. The summed E-state index contributed by atoms with van der Waals surface area (Å²) >= 11 is 0. The summed E-state index contributed by atoms with van der Waals surface area (Å²) in [5.74, 6) is 3.41. The molecule has 0 radical (unpaired) electrons. The molecule has 2 aromatic rings. The number of esters is 1. The molecule has 0 saturated carbocycles. The fourth-order valence-corrected chi connectivity index (χ4v) is 4.78. The highest BCUT2D eigenvalue weighted by Crippen LogP contribution is 2.28. The average Bonchev–Trinajstić information content (AvgIpc) is 2.62. The lowest BCUT2D eigenvalue weighted by Gasteiger charge is -2.20. The van der Waals surface area contributed by atoms with Crippen molar-refractivity contribution in [3.8, 4) is 11.5 Å². The van der Waals surface area contributed by atoms with Crippen LogP contribution in [0.25, 0.3) is 11.0 Å². The Hall–Kier alpha value is -2.58. The van der Waals surface area contributed by atoms with Gasteiger partial charge in [-0.15, -0.1) is 5.54 Å². The van der Waals surface area contributed by atoms with Crippen LogP contribution in [-0.4, -0.2) is 22.1 Å². The zero-order valence-corrected chi connectivity index (χ0v) is 20.5. The fourth-order valence-electron chi connectivity index (χ4n) is 2.75. The quantitative estimate of drug-likeness (QED) is 0.189. The van der Waals surface area contributed by atoms with E-state index in [4.69, 9.17) is 4.74 Å². The molecule has 0 atom stereocenters. The van der Waals surface area contributed by atoms with Gasteiger partial charge in [-0.1, -0.05) is 93.4 Å². The molecular formula is C25H30O2Si2. The minimum absolute atomic E-state index is 0.358. The van der Waals surface area contributed by atoms with E-state index in [-0.39, 0.29) is 5.97 Å². The van der Waals surface area contributed by atoms with Gasteiger partial charge in [-0.3, -0.25) is 4.79 Å². The van der Waals surface area contributed by atoms with E-state index in [1.807, 2.05) is 42.5 Å². The number of ether oxygens (including phenoxy) is 1. The summed E-state index contributed by atoms with van der Waals surface area (Å²) in [6.07, 6.45) is 0. The third kappa shape index (κ3) is 7.07. The Morgan fingerprint density at radius 3 is 2.00 bits per heavy atom. The second-order valence-electron chi connectivity index (χ2n) is 9.08. The van der Waals surface area contributed by atoms with Gasteiger partial charge in [0, 0.05) is 18.1 Å². The number of carbonyl (C=O) groups excluding carboxylic acids is 1. The number of hydrogen-bond acceptors (Lipinski definition) is 2. The van der Waals surface area contributed by atoms with E-state index < -0.39 is 16.1 Å². The standard InChI is InChI=1S/C25H30O2Si2/c1-20(26)27-24(19-25(29(5,6)7)22-14-9-8-10-15-22)23-16-12-11-13-21(23)17-18-28(2,3)4/h8-16H,1-7H3. The van der Waals surface area contributed by atoms with Crippen molar-refractivity contribution in [2.24, 2.45) is 0 Å². The first-order chi connectivity index (χ1) is 13.5. The van der Waals surface area contributed by atoms with E-state index in [9.17, 15) is 4.79 Å². The van der Waals surface area contributed by atoms with Gasteiger partial charge in [0.1, 0.15) is 8.07 Å². The highest BCUT2D eigenvalue weighted by molar-refractivity contribution is 6.93. The molecule has 29 heavy (non-hydrogen) atoms. The Bertz CT molecular complexity index is 1000. The van der Waals surface area contributed by atoms with Crippen LogP contribution in [0.4, 0.5) is 0 Å². The van der Waals surface area contributed by atoms with Crippen molar-refractivity contribution in [2.75, 3.05) is 0 Å². The van der Waals surface area contributed by atoms with Gasteiger partial charge in [0.15, 0.2) is 5.76 Å². The molecule has 0 spiro atoms. The number of benzene rings is 2. The van der Waals surface area contributed by atoms with Gasteiger partial charge < -0.3 is 4.74 Å². The van der Waals surface area contributed by atoms with Crippen LogP contribution < -0.4 is 0 Å². The predicted octanol–water partition coefficient (Wildman–Crippen LogP) is 6.38. The molecule has 2 rings (SSSR count). The van der Waals surface area contributed by atoms with Crippen LogP contribution in [0.3, 0.4) is 0 Å². The molecule has 2 nitrogen and oxygen atoms in total. The van der Waals surface area contributed by atoms with Crippen molar-refractivity contribution in [2.45, 2.75) is 46.2 Å². The van der Waals surface area contributed by atoms with Gasteiger partial charge in [0.05, 0.1) is 8.07 Å². The molecule has 0 fully saturated rings. The molecule has 4 heteroatoms. The first kappa shape index (κ1) is 22.7. The van der Waals surface area contributed by atoms with Crippen molar-refractivity contribution < 1.29 is 9.53 Å². The van der Waals surface area contributed by atoms with Crippen LogP contribution in [0.2, 0.25) is 39.3 Å². The Kier molecular flexibility index (Phi) is 7.27. The minimum atomic E-state index is -1.78. The fraction of sp³-hybridized carbons (Fsp3) is 0.280. The Labute approximate surface area is 177 Å². The predicted molar refractivity (Wildman–Crippen MR) is 129 cm³/mol. The average molecular weight is 419 g/mol. The molecule has 0 aliphatic heterocycles. The number of carbonyl (C=O) groups is 1. The molecule has 0 unspecified atom stereocenters. The molecule has 2 aromatic carbocycles. The first-order valence-corrected chi connectivity index (χ1v) is 16.9. The molecular weight excluding hydrogens is 388 g/mol. The molecule has 0 aromatic heterocycles. The summed E-state index contributed by atoms with van der Waals surface area (Å²) in [5, 5.41) is 1.11. The van der Waals surface area contributed by atoms with Crippen molar-refractivity contribution >= 4 is 33.1 Å². The summed E-state index contributed by atoms with van der Waals surface area (Å²) in [7, 11) is -3.32. The Balaban J connectivity index is 2.82. The lowest BCUT2D eigenvalue weighted by Crippen LogP contribution is -2.22. The van der Waals surface area contributed by atoms with Gasteiger partial charge in [0.25, 0.3) is 0 Å². The zero-order valence-electron chi connectivity index (χ0n) is 18.5. The highest BCUT2D eigenvalue weighted by atomic mass is 28.3. The summed E-state index contributed by atoms with van der Waals surface area (Å²) in [6, 6.07) is 18.1. The normalized spacial score (nSPS) is 11.0. The Morgan fingerprint density at radius 1 is 0.862 bits per heavy atom. The summed E-state index contributed by atoms with van der Waals surface area (Å²) in [4.78, 5) is 11.9. The van der Waals surface area contributed by atoms with Crippen LogP contribution in [0, 0.1) is 11.5 Å². The summed E-state index contributed by atoms with van der Waals surface area (Å²) in [6.45, 7) is 14.9. The van der Waals surface area contributed by atoms with Gasteiger partial charge in [-0.2, -0.15) is 0 Å². The lowest BCUT2D eigenvalue weighted by atomic mass is 10.1. The van der Waals surface area contributed by atoms with Crippen LogP contribution >= 0.6 is 0 Å². The van der Waals surface area contributed by atoms with Crippen LogP contribution in [0.15, 0.2) is 60.3 Å². The molecule has 0 amide bonds. The van der Waals surface area contributed by atoms with Crippen LogP contribution in [0.1, 0.15) is 23.6 Å². The smallest absolute Gasteiger partial charge is 0.308 e. The molecule has 150 valence electrons. The highest BCUT2D eigenvalue weighted by Gasteiger charge is 2.22. The third-order valence-electron chi connectivity index (χ3n) is 4.04. The third-order valence-corrected chi connectivity index (χ3v) is 6.83. The number of rotatable bonds is 4. The van der Waals surface area contributed by atoms with E-state index >= 15 is 0 Å². The van der Waals surface area contributed by atoms with Crippen LogP contribution in [0.5, 0.6) is 0 Å². The first-order valence-electron chi connectivity index (χ1n) is 9.85. The van der Waals surface area contributed by atoms with E-state index in [1.54, 1.807) is 0 Å². The largest absolute Gasteiger partial charge is 0.417 e. The van der Waals surface area contributed by atoms with E-state index in [1.165, 1.54) is 6.92 Å². The molecule has 0 aliphatic rings. The second-order valence-corrected chi connectivity index (χ2v) is 18.8. The molecule has 0 N–H and O–H groups in total. The summed E-state index contributed by atoms with van der Waals surface area (Å²) < 4.78 is 5.67. The van der Waals surface area contributed by atoms with E-state index in [2.05, 4.69) is 68.6 Å². The van der Waals surface area contributed by atoms with Gasteiger partial charge in [-0.25, -0.2) is 0 Å². The lowest BCUT2D eigenvalue weighted by molar-refractivity contribution is -0.134. The van der Waals surface area contributed by atoms with Gasteiger partial charge in [-0.05, 0) is 22.9 Å². The molecule has 0 aliphatic carbocycles. The van der Waals surface area contributed by atoms with Crippen molar-refractivity contribution in [1.82, 2.24) is 0 Å². The Morgan fingerprint density at radius 2 is 1.45 bits per heavy atom. The zero-order chi connectivity index (χ0) is 21.7. The molecule has 0 heterocycles. The SMILES string of the molecule is CC(=O)OC(=C=C(c1ccccc1)[Si](C)(C)C)c1ccccc1C#C[Si](C)(C)C. The maximum absolute atomic E-state index is 11.9. The van der Waals surface area contributed by atoms with Crippen molar-refractivity contribution in [3.63, 3.8) is 0 Å². The minimum Gasteiger partial charge on any atom is -0.417 e. The van der Waals surface area contributed by atoms with E-state index in [0.717, 1.165) is 21.9 Å². The summed E-state index contributed by atoms with van der Waals surface area (Å²) in [5.41, 5.74) is 9.68.